The summed E-state index contributed by atoms with van der Waals surface area (Å²) in [5.41, 5.74) is 0.842. The fraction of sp³-hybridized carbons (Fsp3) is 0.214. The molecule has 1 unspecified atom stereocenters. The molecule has 2 rings (SSSR count). The first-order valence-corrected chi connectivity index (χ1v) is 5.62. The molecule has 0 saturated heterocycles. The Balaban J connectivity index is 2.19. The summed E-state index contributed by atoms with van der Waals surface area (Å²) < 4.78 is 5.67. The number of benzene rings is 1. The second-order valence-corrected chi connectivity index (χ2v) is 3.92. The molecular weight excluding hydrogens is 214 g/mol. The fourth-order valence-electron chi connectivity index (χ4n) is 1.70. The molecule has 17 heavy (non-hydrogen) atoms. The van der Waals surface area contributed by atoms with Crippen molar-refractivity contribution < 1.29 is 9.21 Å². The molecule has 0 saturated carbocycles. The average Bonchev–Trinajstić information content (AvgIpc) is 2.72. The van der Waals surface area contributed by atoms with E-state index in [-0.39, 0.29) is 11.9 Å². The van der Waals surface area contributed by atoms with Crippen LogP contribution in [0.25, 0.3) is 11.0 Å². The Morgan fingerprint density at radius 3 is 2.88 bits per heavy atom. The normalized spacial score (nSPS) is 13.1. The van der Waals surface area contributed by atoms with Crippen LogP contribution in [0.15, 0.2) is 46.9 Å². The number of hydrogen-bond acceptors (Lipinski definition) is 2. The van der Waals surface area contributed by atoms with E-state index in [9.17, 15) is 4.79 Å². The Labute approximate surface area is 100 Å². The maximum absolute atomic E-state index is 11.4. The number of hydrogen-bond donors (Lipinski definition) is 1. The van der Waals surface area contributed by atoms with E-state index in [0.29, 0.717) is 0 Å². The zero-order chi connectivity index (χ0) is 12.3. The molecule has 0 bridgehead atoms. The van der Waals surface area contributed by atoms with Crippen LogP contribution in [0.1, 0.15) is 25.6 Å². The lowest BCUT2D eigenvalue weighted by molar-refractivity contribution is -0.117. The third-order valence-electron chi connectivity index (χ3n) is 2.55. The van der Waals surface area contributed by atoms with Crippen LogP contribution in [0.4, 0.5) is 0 Å². The maximum atomic E-state index is 11.4. The molecule has 88 valence electrons. The van der Waals surface area contributed by atoms with Crippen LogP contribution in [0.2, 0.25) is 0 Å². The van der Waals surface area contributed by atoms with Crippen molar-refractivity contribution in [2.45, 2.75) is 19.9 Å². The van der Waals surface area contributed by atoms with Crippen molar-refractivity contribution in [3.05, 3.63) is 48.2 Å². The van der Waals surface area contributed by atoms with Gasteiger partial charge in [-0.05, 0) is 32.1 Å². The number of para-hydroxylation sites is 1. The third kappa shape index (κ3) is 2.56. The minimum atomic E-state index is -0.133. The molecule has 3 nitrogen and oxygen atoms in total. The lowest BCUT2D eigenvalue weighted by atomic mass is 10.2. The number of carbonyl (C=O) groups excluding carboxylic acids is 1. The Hall–Kier alpha value is -2.03. The van der Waals surface area contributed by atoms with Crippen molar-refractivity contribution in [3.8, 4) is 0 Å². The molecule has 0 radical (unpaired) electrons. The van der Waals surface area contributed by atoms with Crippen LogP contribution in [0.3, 0.4) is 0 Å². The topological polar surface area (TPSA) is 42.2 Å². The number of fused-ring (bicyclic) bond motifs is 1. The first-order chi connectivity index (χ1) is 8.20. The molecule has 1 atom stereocenters. The lowest BCUT2D eigenvalue weighted by Gasteiger charge is -2.08. The van der Waals surface area contributed by atoms with Gasteiger partial charge in [0.25, 0.3) is 0 Å². The van der Waals surface area contributed by atoms with Crippen LogP contribution in [0.5, 0.6) is 0 Å². The highest BCUT2D eigenvalue weighted by molar-refractivity contribution is 5.87. The smallest absolute Gasteiger partial charge is 0.244 e. The van der Waals surface area contributed by atoms with Crippen molar-refractivity contribution in [1.82, 2.24) is 5.32 Å². The summed E-state index contributed by atoms with van der Waals surface area (Å²) >= 11 is 0. The predicted octanol–water partition coefficient (Wildman–Crippen LogP) is 3.19. The number of amides is 1. The van der Waals surface area contributed by atoms with E-state index in [4.69, 9.17) is 4.42 Å². The van der Waals surface area contributed by atoms with Gasteiger partial charge in [0.15, 0.2) is 0 Å². The van der Waals surface area contributed by atoms with Crippen LogP contribution >= 0.6 is 0 Å². The summed E-state index contributed by atoms with van der Waals surface area (Å²) in [5.74, 6) is 0.657. The maximum Gasteiger partial charge on any atom is 0.244 e. The Morgan fingerprint density at radius 1 is 1.41 bits per heavy atom. The number of carbonyl (C=O) groups is 1. The Kier molecular flexibility index (Phi) is 3.28. The molecule has 1 N–H and O–H groups in total. The molecular formula is C14H15NO2. The molecule has 1 aromatic heterocycles. The van der Waals surface area contributed by atoms with E-state index in [1.165, 1.54) is 6.08 Å². The van der Waals surface area contributed by atoms with Gasteiger partial charge in [-0.25, -0.2) is 0 Å². The van der Waals surface area contributed by atoms with Gasteiger partial charge in [0.1, 0.15) is 11.3 Å². The third-order valence-corrected chi connectivity index (χ3v) is 2.55. The molecule has 0 aliphatic rings. The highest BCUT2D eigenvalue weighted by Crippen LogP contribution is 2.23. The summed E-state index contributed by atoms with van der Waals surface area (Å²) in [4.78, 5) is 11.4. The SMILES string of the molecule is CC=CC(=O)NC(C)c1cc2ccccc2o1. The van der Waals surface area contributed by atoms with Crippen molar-refractivity contribution in [2.75, 3.05) is 0 Å². The standard InChI is InChI=1S/C14H15NO2/c1-3-6-14(16)15-10(2)13-9-11-7-4-5-8-12(11)17-13/h3-10H,1-2H3,(H,15,16). The number of nitrogens with one attached hydrogen (secondary N) is 1. The van der Waals surface area contributed by atoms with Gasteiger partial charge >= 0.3 is 0 Å². The van der Waals surface area contributed by atoms with Crippen LogP contribution in [-0.2, 0) is 4.79 Å². The molecule has 0 aliphatic heterocycles. The monoisotopic (exact) mass is 229 g/mol. The first-order valence-electron chi connectivity index (χ1n) is 5.62. The van der Waals surface area contributed by atoms with E-state index in [0.717, 1.165) is 16.7 Å². The number of furan rings is 1. The minimum absolute atomic E-state index is 0.111. The second kappa shape index (κ2) is 4.87. The summed E-state index contributed by atoms with van der Waals surface area (Å²) in [5, 5.41) is 3.89. The molecule has 0 aliphatic carbocycles. The van der Waals surface area contributed by atoms with Gasteiger partial charge in [-0.1, -0.05) is 24.3 Å². The van der Waals surface area contributed by atoms with Crippen molar-refractivity contribution in [2.24, 2.45) is 0 Å². The second-order valence-electron chi connectivity index (χ2n) is 3.92. The van der Waals surface area contributed by atoms with Gasteiger partial charge in [-0.2, -0.15) is 0 Å². The molecule has 1 amide bonds. The highest BCUT2D eigenvalue weighted by Gasteiger charge is 2.12. The van der Waals surface area contributed by atoms with Crippen molar-refractivity contribution in [1.29, 1.82) is 0 Å². The van der Waals surface area contributed by atoms with Crippen LogP contribution < -0.4 is 5.32 Å². The lowest BCUT2D eigenvalue weighted by Crippen LogP contribution is -2.24. The molecule has 1 heterocycles. The Bertz CT molecular complexity index is 521. The zero-order valence-electron chi connectivity index (χ0n) is 9.94. The summed E-state index contributed by atoms with van der Waals surface area (Å²) in [6, 6.07) is 9.62. The van der Waals surface area contributed by atoms with E-state index >= 15 is 0 Å². The molecule has 0 fully saturated rings. The highest BCUT2D eigenvalue weighted by atomic mass is 16.3. The van der Waals surface area contributed by atoms with Crippen LogP contribution in [-0.4, -0.2) is 5.91 Å². The van der Waals surface area contributed by atoms with Gasteiger partial charge < -0.3 is 9.73 Å². The number of rotatable bonds is 3. The first kappa shape index (κ1) is 11.5. The predicted molar refractivity (Wildman–Crippen MR) is 67.6 cm³/mol. The minimum Gasteiger partial charge on any atom is -0.459 e. The number of allylic oxidation sites excluding steroid dienone is 1. The summed E-state index contributed by atoms with van der Waals surface area (Å²) in [6.07, 6.45) is 3.21. The summed E-state index contributed by atoms with van der Waals surface area (Å²) in [6.45, 7) is 3.71. The largest absolute Gasteiger partial charge is 0.459 e. The van der Waals surface area contributed by atoms with Crippen molar-refractivity contribution >= 4 is 16.9 Å². The van der Waals surface area contributed by atoms with Crippen LogP contribution in [0, 0.1) is 0 Å². The quantitative estimate of drug-likeness (QED) is 0.821. The molecule has 2 aromatic rings. The average molecular weight is 229 g/mol. The fourth-order valence-corrected chi connectivity index (χ4v) is 1.70. The zero-order valence-corrected chi connectivity index (χ0v) is 9.94. The van der Waals surface area contributed by atoms with E-state index in [2.05, 4.69) is 5.32 Å². The van der Waals surface area contributed by atoms with E-state index in [1.54, 1.807) is 6.08 Å². The summed E-state index contributed by atoms with van der Waals surface area (Å²) in [7, 11) is 0. The van der Waals surface area contributed by atoms with E-state index in [1.807, 2.05) is 44.2 Å². The van der Waals surface area contributed by atoms with Gasteiger partial charge in [-0.3, -0.25) is 4.79 Å². The van der Waals surface area contributed by atoms with Gasteiger partial charge in [0, 0.05) is 5.39 Å². The molecule has 0 spiro atoms. The van der Waals surface area contributed by atoms with Crippen molar-refractivity contribution in [3.63, 3.8) is 0 Å². The van der Waals surface area contributed by atoms with Gasteiger partial charge in [0.2, 0.25) is 5.91 Å². The molecule has 3 heteroatoms. The van der Waals surface area contributed by atoms with Gasteiger partial charge in [-0.15, -0.1) is 0 Å². The molecule has 1 aromatic carbocycles. The Morgan fingerprint density at radius 2 is 2.18 bits per heavy atom. The van der Waals surface area contributed by atoms with E-state index < -0.39 is 0 Å². The van der Waals surface area contributed by atoms with Gasteiger partial charge in [0.05, 0.1) is 6.04 Å².